The van der Waals surface area contributed by atoms with E-state index in [2.05, 4.69) is 43.9 Å². The second kappa shape index (κ2) is 5.44. The molecule has 0 bridgehead atoms. The number of hydrogen-bond acceptors (Lipinski definition) is 4. The Morgan fingerprint density at radius 2 is 2.10 bits per heavy atom. The highest BCUT2D eigenvalue weighted by atomic mass is 79.9. The van der Waals surface area contributed by atoms with Crippen LogP contribution in [0.5, 0.6) is 0 Å². The third kappa shape index (κ3) is 2.65. The summed E-state index contributed by atoms with van der Waals surface area (Å²) in [5, 5.41) is 4.32. The Kier molecular flexibility index (Phi) is 3.65. The topological polar surface area (TPSA) is 60.0 Å². The third-order valence-electron chi connectivity index (χ3n) is 3.78. The van der Waals surface area contributed by atoms with E-state index in [1.54, 1.807) is 0 Å². The van der Waals surface area contributed by atoms with Crippen LogP contribution in [0.3, 0.4) is 0 Å². The lowest BCUT2D eigenvalue weighted by atomic mass is 10.0. The molecule has 0 atom stereocenters. The van der Waals surface area contributed by atoms with Gasteiger partial charge in [-0.3, -0.25) is 4.68 Å². The highest BCUT2D eigenvalue weighted by Gasteiger charge is 2.22. The zero-order chi connectivity index (χ0) is 14.1. The quantitative estimate of drug-likeness (QED) is 0.916. The number of pyridine rings is 1. The molecule has 0 unspecified atom stereocenters. The van der Waals surface area contributed by atoms with Gasteiger partial charge in [-0.15, -0.1) is 0 Å². The van der Waals surface area contributed by atoms with Gasteiger partial charge in [-0.2, -0.15) is 5.10 Å². The zero-order valence-electron chi connectivity index (χ0n) is 11.5. The molecular formula is C14H18BrN5. The van der Waals surface area contributed by atoms with Gasteiger partial charge >= 0.3 is 0 Å². The lowest BCUT2D eigenvalue weighted by Crippen LogP contribution is -2.35. The van der Waals surface area contributed by atoms with Gasteiger partial charge in [-0.25, -0.2) is 4.98 Å². The molecule has 20 heavy (non-hydrogen) atoms. The molecule has 5 nitrogen and oxygen atoms in total. The second-order valence-corrected chi connectivity index (χ2v) is 6.15. The first-order valence-corrected chi connectivity index (χ1v) is 7.60. The van der Waals surface area contributed by atoms with E-state index in [-0.39, 0.29) is 0 Å². The second-order valence-electron chi connectivity index (χ2n) is 5.23. The summed E-state index contributed by atoms with van der Waals surface area (Å²) in [6.45, 7) is 4.10. The van der Waals surface area contributed by atoms with Crippen molar-refractivity contribution in [3.63, 3.8) is 0 Å². The minimum Gasteiger partial charge on any atom is -0.382 e. The number of nitrogen functional groups attached to an aromatic ring is 1. The molecule has 0 spiro atoms. The number of aryl methyl sites for hydroxylation is 1. The van der Waals surface area contributed by atoms with Gasteiger partial charge in [0.1, 0.15) is 11.6 Å². The number of piperidine rings is 1. The van der Waals surface area contributed by atoms with E-state index >= 15 is 0 Å². The van der Waals surface area contributed by atoms with E-state index in [1.165, 1.54) is 5.56 Å². The average Bonchev–Trinajstić information content (AvgIpc) is 2.86. The van der Waals surface area contributed by atoms with Crippen molar-refractivity contribution < 1.29 is 0 Å². The van der Waals surface area contributed by atoms with Crippen LogP contribution in [-0.2, 0) is 0 Å². The summed E-state index contributed by atoms with van der Waals surface area (Å²) in [7, 11) is 0. The Hall–Kier alpha value is -1.56. The third-order valence-corrected chi connectivity index (χ3v) is 4.22. The van der Waals surface area contributed by atoms with Crippen LogP contribution in [0.1, 0.15) is 24.4 Å². The molecule has 3 heterocycles. The number of nitrogens with zero attached hydrogens (tertiary/aromatic N) is 4. The summed E-state index contributed by atoms with van der Waals surface area (Å²) in [6.07, 6.45) is 5.97. The maximum atomic E-state index is 5.68. The maximum absolute atomic E-state index is 5.68. The van der Waals surface area contributed by atoms with Crippen LogP contribution in [0, 0.1) is 6.92 Å². The molecule has 0 amide bonds. The number of hydrogen-bond donors (Lipinski definition) is 1. The standard InChI is InChI=1S/C14H18BrN5/c1-10-8-11(15)9-17-14(10)19-5-2-12(3-6-19)20-7-4-13(16)18-20/h4,7-9,12H,2-3,5-6H2,1H3,(H2,16,18). The van der Waals surface area contributed by atoms with Crippen molar-refractivity contribution in [2.75, 3.05) is 23.7 Å². The average molecular weight is 336 g/mol. The summed E-state index contributed by atoms with van der Waals surface area (Å²) in [5.41, 5.74) is 6.89. The molecule has 0 saturated carbocycles. The first-order valence-electron chi connectivity index (χ1n) is 6.81. The van der Waals surface area contributed by atoms with Gasteiger partial charge in [-0.05, 0) is 53.4 Å². The fourth-order valence-electron chi connectivity index (χ4n) is 2.76. The predicted molar refractivity (Wildman–Crippen MR) is 83.8 cm³/mol. The van der Waals surface area contributed by atoms with Crippen molar-refractivity contribution in [2.24, 2.45) is 0 Å². The van der Waals surface area contributed by atoms with Crippen LogP contribution in [0.25, 0.3) is 0 Å². The Balaban J connectivity index is 1.69. The van der Waals surface area contributed by atoms with E-state index in [9.17, 15) is 0 Å². The Labute approximate surface area is 126 Å². The molecule has 1 saturated heterocycles. The maximum Gasteiger partial charge on any atom is 0.145 e. The first-order chi connectivity index (χ1) is 9.63. The van der Waals surface area contributed by atoms with Crippen molar-refractivity contribution in [3.8, 4) is 0 Å². The minimum atomic E-state index is 0.444. The summed E-state index contributed by atoms with van der Waals surface area (Å²) in [6, 6.07) is 4.41. The van der Waals surface area contributed by atoms with E-state index in [0.717, 1.165) is 36.2 Å². The number of halogens is 1. The summed E-state index contributed by atoms with van der Waals surface area (Å²) < 4.78 is 3.02. The van der Waals surface area contributed by atoms with Gasteiger partial charge in [0.25, 0.3) is 0 Å². The Bertz CT molecular complexity index is 601. The fourth-order valence-corrected chi connectivity index (χ4v) is 3.21. The molecule has 106 valence electrons. The lowest BCUT2D eigenvalue weighted by molar-refractivity contribution is 0.366. The van der Waals surface area contributed by atoms with Crippen molar-refractivity contribution in [1.82, 2.24) is 14.8 Å². The SMILES string of the molecule is Cc1cc(Br)cnc1N1CCC(n2ccc(N)n2)CC1. The molecule has 1 aliphatic rings. The molecule has 1 fully saturated rings. The number of anilines is 2. The van der Waals surface area contributed by atoms with Gasteiger partial charge in [0.2, 0.25) is 0 Å². The van der Waals surface area contributed by atoms with Crippen LogP contribution in [0.4, 0.5) is 11.6 Å². The van der Waals surface area contributed by atoms with Crippen molar-refractivity contribution in [2.45, 2.75) is 25.8 Å². The van der Waals surface area contributed by atoms with Gasteiger partial charge in [-0.1, -0.05) is 0 Å². The molecule has 2 N–H and O–H groups in total. The van der Waals surface area contributed by atoms with E-state index in [1.807, 2.05) is 23.1 Å². The van der Waals surface area contributed by atoms with Crippen molar-refractivity contribution in [3.05, 3.63) is 34.6 Å². The van der Waals surface area contributed by atoms with E-state index in [0.29, 0.717) is 11.9 Å². The lowest BCUT2D eigenvalue weighted by Gasteiger charge is -2.33. The van der Waals surface area contributed by atoms with Gasteiger partial charge in [0.15, 0.2) is 0 Å². The molecule has 3 rings (SSSR count). The van der Waals surface area contributed by atoms with Crippen LogP contribution in [0.2, 0.25) is 0 Å². The summed E-state index contributed by atoms with van der Waals surface area (Å²) >= 11 is 3.46. The monoisotopic (exact) mass is 335 g/mol. The fraction of sp³-hybridized carbons (Fsp3) is 0.429. The van der Waals surface area contributed by atoms with Crippen molar-refractivity contribution in [1.29, 1.82) is 0 Å². The molecular weight excluding hydrogens is 318 g/mol. The number of nitrogens with two attached hydrogens (primary N) is 1. The molecule has 1 aliphatic heterocycles. The van der Waals surface area contributed by atoms with E-state index < -0.39 is 0 Å². The molecule has 0 radical (unpaired) electrons. The number of aromatic nitrogens is 3. The van der Waals surface area contributed by atoms with Crippen LogP contribution >= 0.6 is 15.9 Å². The molecule has 0 aliphatic carbocycles. The van der Waals surface area contributed by atoms with E-state index in [4.69, 9.17) is 5.73 Å². The first kappa shape index (κ1) is 13.4. The Morgan fingerprint density at radius 1 is 1.35 bits per heavy atom. The van der Waals surface area contributed by atoms with Crippen LogP contribution in [-0.4, -0.2) is 27.9 Å². The largest absolute Gasteiger partial charge is 0.382 e. The van der Waals surface area contributed by atoms with Crippen LogP contribution < -0.4 is 10.6 Å². The Morgan fingerprint density at radius 3 is 2.70 bits per heavy atom. The summed E-state index contributed by atoms with van der Waals surface area (Å²) in [5.74, 6) is 1.68. The molecule has 0 aromatic carbocycles. The normalized spacial score (nSPS) is 16.6. The highest BCUT2D eigenvalue weighted by molar-refractivity contribution is 9.10. The van der Waals surface area contributed by atoms with Gasteiger partial charge < -0.3 is 10.6 Å². The smallest absolute Gasteiger partial charge is 0.145 e. The molecule has 2 aromatic heterocycles. The van der Waals surface area contributed by atoms with Crippen LogP contribution in [0.15, 0.2) is 29.0 Å². The molecule has 2 aromatic rings. The van der Waals surface area contributed by atoms with Gasteiger partial charge in [0.05, 0.1) is 6.04 Å². The van der Waals surface area contributed by atoms with Crippen molar-refractivity contribution >= 4 is 27.6 Å². The predicted octanol–water partition coefficient (Wildman–Crippen LogP) is 2.77. The summed E-state index contributed by atoms with van der Waals surface area (Å²) in [4.78, 5) is 6.89. The number of rotatable bonds is 2. The zero-order valence-corrected chi connectivity index (χ0v) is 13.0. The highest BCUT2D eigenvalue weighted by Crippen LogP contribution is 2.28. The molecule has 6 heteroatoms. The minimum absolute atomic E-state index is 0.444. The van der Waals surface area contributed by atoms with Gasteiger partial charge in [0, 0.05) is 30.0 Å².